The van der Waals surface area contributed by atoms with E-state index < -0.39 is 0 Å². The van der Waals surface area contributed by atoms with Gasteiger partial charge in [-0.3, -0.25) is 9.59 Å². The number of halogens is 1. The quantitative estimate of drug-likeness (QED) is 0.925. The minimum Gasteiger partial charge on any atom is -0.345 e. The Hall–Kier alpha value is -2.14. The van der Waals surface area contributed by atoms with E-state index in [0.717, 1.165) is 0 Å². The first-order chi connectivity index (χ1) is 10.0. The third kappa shape index (κ3) is 3.49. The third-order valence-corrected chi connectivity index (χ3v) is 3.62. The Morgan fingerprint density at radius 3 is 2.14 bits per heavy atom. The number of nitrogens with zero attached hydrogens (tertiary/aromatic N) is 1. The van der Waals surface area contributed by atoms with E-state index in [1.54, 1.807) is 56.6 Å². The Bertz CT molecular complexity index is 683. The van der Waals surface area contributed by atoms with Crippen molar-refractivity contribution in [1.82, 2.24) is 4.90 Å². The summed E-state index contributed by atoms with van der Waals surface area (Å²) in [5.74, 6) is -0.417. The van der Waals surface area contributed by atoms with E-state index in [4.69, 9.17) is 0 Å². The number of para-hydroxylation sites is 1. The van der Waals surface area contributed by atoms with Crippen LogP contribution in [0.25, 0.3) is 0 Å². The molecule has 0 atom stereocenters. The molecule has 0 aliphatic carbocycles. The topological polar surface area (TPSA) is 49.4 Å². The molecule has 2 rings (SSSR count). The Balaban J connectivity index is 2.30. The number of hydrogen-bond acceptors (Lipinski definition) is 2. The highest BCUT2D eigenvalue weighted by molar-refractivity contribution is 9.10. The van der Waals surface area contributed by atoms with Gasteiger partial charge in [0.1, 0.15) is 0 Å². The van der Waals surface area contributed by atoms with Crippen LogP contribution in [0.1, 0.15) is 20.7 Å². The SMILES string of the molecule is CN(C)C(=O)c1ccccc1NC(=O)c1ccccc1Br. The van der Waals surface area contributed by atoms with Crippen LogP contribution in [-0.2, 0) is 0 Å². The fourth-order valence-corrected chi connectivity index (χ4v) is 2.32. The Morgan fingerprint density at radius 2 is 1.52 bits per heavy atom. The van der Waals surface area contributed by atoms with Crippen molar-refractivity contribution in [3.8, 4) is 0 Å². The lowest BCUT2D eigenvalue weighted by Gasteiger charge is -2.15. The van der Waals surface area contributed by atoms with Crippen molar-refractivity contribution in [2.24, 2.45) is 0 Å². The zero-order valence-corrected chi connectivity index (χ0v) is 13.3. The highest BCUT2D eigenvalue weighted by Gasteiger charge is 2.16. The molecule has 0 aliphatic heterocycles. The van der Waals surface area contributed by atoms with Crippen LogP contribution in [0.4, 0.5) is 5.69 Å². The van der Waals surface area contributed by atoms with E-state index in [1.165, 1.54) is 4.90 Å². The molecule has 0 aromatic heterocycles. The van der Waals surface area contributed by atoms with Crippen molar-refractivity contribution >= 4 is 33.4 Å². The molecule has 0 saturated carbocycles. The molecule has 21 heavy (non-hydrogen) atoms. The van der Waals surface area contributed by atoms with Crippen LogP contribution in [0.2, 0.25) is 0 Å². The molecular weight excluding hydrogens is 332 g/mol. The number of amides is 2. The average molecular weight is 347 g/mol. The first-order valence-corrected chi connectivity index (χ1v) is 7.16. The maximum Gasteiger partial charge on any atom is 0.256 e. The molecule has 0 saturated heterocycles. The van der Waals surface area contributed by atoms with Crippen molar-refractivity contribution < 1.29 is 9.59 Å². The highest BCUT2D eigenvalue weighted by Crippen LogP contribution is 2.20. The molecule has 0 bridgehead atoms. The van der Waals surface area contributed by atoms with Gasteiger partial charge in [0.15, 0.2) is 0 Å². The summed E-state index contributed by atoms with van der Waals surface area (Å²) in [7, 11) is 3.35. The molecule has 4 nitrogen and oxygen atoms in total. The van der Waals surface area contributed by atoms with E-state index in [2.05, 4.69) is 21.2 Å². The Kier molecular flexibility index (Phi) is 4.75. The summed E-state index contributed by atoms with van der Waals surface area (Å²) in [6, 6.07) is 14.1. The molecule has 0 radical (unpaired) electrons. The van der Waals surface area contributed by atoms with Gasteiger partial charge < -0.3 is 10.2 Å². The van der Waals surface area contributed by atoms with Gasteiger partial charge in [0.2, 0.25) is 0 Å². The van der Waals surface area contributed by atoms with E-state index in [9.17, 15) is 9.59 Å². The standard InChI is InChI=1S/C16H15BrN2O2/c1-19(2)16(21)12-8-4-6-10-14(12)18-15(20)11-7-3-5-9-13(11)17/h3-10H,1-2H3,(H,18,20). The minimum absolute atomic E-state index is 0.155. The molecule has 0 aliphatic rings. The molecule has 108 valence electrons. The van der Waals surface area contributed by atoms with Gasteiger partial charge in [-0.2, -0.15) is 0 Å². The van der Waals surface area contributed by atoms with Gasteiger partial charge in [-0.25, -0.2) is 0 Å². The van der Waals surface area contributed by atoms with Crippen LogP contribution in [0.5, 0.6) is 0 Å². The molecule has 0 spiro atoms. The number of anilines is 1. The van der Waals surface area contributed by atoms with Crippen LogP contribution in [0.15, 0.2) is 53.0 Å². The van der Waals surface area contributed by atoms with Crippen LogP contribution >= 0.6 is 15.9 Å². The Morgan fingerprint density at radius 1 is 0.952 bits per heavy atom. The molecule has 2 aromatic rings. The summed E-state index contributed by atoms with van der Waals surface area (Å²) < 4.78 is 0.707. The van der Waals surface area contributed by atoms with Crippen molar-refractivity contribution in [2.45, 2.75) is 0 Å². The normalized spacial score (nSPS) is 10.0. The van der Waals surface area contributed by atoms with Gasteiger partial charge in [-0.1, -0.05) is 24.3 Å². The van der Waals surface area contributed by atoms with Crippen LogP contribution in [0, 0.1) is 0 Å². The second-order valence-electron chi connectivity index (χ2n) is 4.68. The van der Waals surface area contributed by atoms with Gasteiger partial charge in [0, 0.05) is 18.6 Å². The summed E-state index contributed by atoms with van der Waals surface area (Å²) in [4.78, 5) is 25.9. The smallest absolute Gasteiger partial charge is 0.256 e. The van der Waals surface area contributed by atoms with Gasteiger partial charge >= 0.3 is 0 Å². The third-order valence-electron chi connectivity index (χ3n) is 2.93. The molecule has 5 heteroatoms. The largest absolute Gasteiger partial charge is 0.345 e. The van der Waals surface area contributed by atoms with Crippen molar-refractivity contribution in [1.29, 1.82) is 0 Å². The maximum absolute atomic E-state index is 12.3. The van der Waals surface area contributed by atoms with Gasteiger partial charge in [-0.15, -0.1) is 0 Å². The van der Waals surface area contributed by atoms with E-state index in [1.807, 2.05) is 6.07 Å². The van der Waals surface area contributed by atoms with Crippen molar-refractivity contribution in [2.75, 3.05) is 19.4 Å². The highest BCUT2D eigenvalue weighted by atomic mass is 79.9. The maximum atomic E-state index is 12.3. The fraction of sp³-hybridized carbons (Fsp3) is 0.125. The van der Waals surface area contributed by atoms with Crippen LogP contribution < -0.4 is 5.32 Å². The number of nitrogens with one attached hydrogen (secondary N) is 1. The molecule has 0 heterocycles. The fourth-order valence-electron chi connectivity index (χ4n) is 1.85. The summed E-state index contributed by atoms with van der Waals surface area (Å²) in [6.07, 6.45) is 0. The molecule has 2 amide bonds. The predicted molar refractivity (Wildman–Crippen MR) is 86.6 cm³/mol. The Labute approximate surface area is 131 Å². The van der Waals surface area contributed by atoms with E-state index in [-0.39, 0.29) is 11.8 Å². The number of rotatable bonds is 3. The van der Waals surface area contributed by atoms with Crippen LogP contribution in [0.3, 0.4) is 0 Å². The summed E-state index contributed by atoms with van der Waals surface area (Å²) in [5, 5.41) is 2.79. The number of benzene rings is 2. The monoisotopic (exact) mass is 346 g/mol. The second-order valence-corrected chi connectivity index (χ2v) is 5.53. The van der Waals surface area contributed by atoms with E-state index in [0.29, 0.717) is 21.3 Å². The number of carbonyl (C=O) groups excluding carboxylic acids is 2. The van der Waals surface area contributed by atoms with Gasteiger partial charge in [-0.05, 0) is 40.2 Å². The average Bonchev–Trinajstić information content (AvgIpc) is 2.47. The number of carbonyl (C=O) groups is 2. The lowest BCUT2D eigenvalue weighted by molar-refractivity contribution is 0.0828. The summed E-state index contributed by atoms with van der Waals surface area (Å²) >= 11 is 3.34. The summed E-state index contributed by atoms with van der Waals surface area (Å²) in [5.41, 5.74) is 1.48. The molecule has 1 N–H and O–H groups in total. The van der Waals surface area contributed by atoms with Crippen molar-refractivity contribution in [3.05, 3.63) is 64.1 Å². The lowest BCUT2D eigenvalue weighted by Crippen LogP contribution is -2.24. The minimum atomic E-state index is -0.263. The zero-order valence-electron chi connectivity index (χ0n) is 11.8. The van der Waals surface area contributed by atoms with Crippen molar-refractivity contribution in [3.63, 3.8) is 0 Å². The zero-order chi connectivity index (χ0) is 15.4. The second kappa shape index (κ2) is 6.54. The number of hydrogen-bond donors (Lipinski definition) is 1. The van der Waals surface area contributed by atoms with Crippen LogP contribution in [-0.4, -0.2) is 30.8 Å². The molecular formula is C16H15BrN2O2. The molecule has 0 fully saturated rings. The first-order valence-electron chi connectivity index (χ1n) is 6.37. The lowest BCUT2D eigenvalue weighted by atomic mass is 10.1. The summed E-state index contributed by atoms with van der Waals surface area (Å²) in [6.45, 7) is 0. The first kappa shape index (κ1) is 15.3. The molecule has 0 unspecified atom stereocenters. The molecule has 2 aromatic carbocycles. The van der Waals surface area contributed by atoms with Gasteiger partial charge in [0.25, 0.3) is 11.8 Å². The van der Waals surface area contributed by atoms with Gasteiger partial charge in [0.05, 0.1) is 16.8 Å². The predicted octanol–water partition coefficient (Wildman–Crippen LogP) is 3.40. The van der Waals surface area contributed by atoms with E-state index >= 15 is 0 Å².